The highest BCUT2D eigenvalue weighted by atomic mass is 32.2. The van der Waals surface area contributed by atoms with Gasteiger partial charge >= 0.3 is 12.7 Å². The van der Waals surface area contributed by atoms with Crippen LogP contribution in [0.5, 0.6) is 5.75 Å². The zero-order valence-corrected chi connectivity index (χ0v) is 21.9. The number of hydrogen-bond donors (Lipinski definition) is 1. The van der Waals surface area contributed by atoms with Crippen molar-refractivity contribution in [3.8, 4) is 5.75 Å². The first-order valence-electron chi connectivity index (χ1n) is 11.6. The minimum Gasteiger partial charge on any atom is -0.444 e. The molecule has 1 aromatic heterocycles. The van der Waals surface area contributed by atoms with E-state index < -0.39 is 46.1 Å². The molecule has 0 fully saturated rings. The maximum atomic E-state index is 13.9. The standard InChI is InChI=1S/C25H25F3N4O6S/c1-25(2,3)38-24(34)29-21(15-5-4-6-17(26)11-15)22(33)31-12-16-13-32(30-20(16)14-31)39(35,36)19-9-7-18(8-10-19)37-23(27)28/h4-11,13,21,23H,12,14H2,1-3H3,(H,29,34). The van der Waals surface area contributed by atoms with E-state index in [2.05, 4.69) is 15.2 Å². The van der Waals surface area contributed by atoms with E-state index in [-0.39, 0.29) is 29.3 Å². The minimum absolute atomic E-state index is 0.0212. The van der Waals surface area contributed by atoms with Crippen LogP contribution < -0.4 is 10.1 Å². The van der Waals surface area contributed by atoms with Crippen molar-refractivity contribution in [1.82, 2.24) is 19.4 Å². The van der Waals surface area contributed by atoms with Crippen molar-refractivity contribution in [1.29, 1.82) is 0 Å². The molecule has 4 rings (SSSR count). The molecular formula is C25H25F3N4O6S. The molecular weight excluding hydrogens is 541 g/mol. The summed E-state index contributed by atoms with van der Waals surface area (Å²) in [4.78, 5) is 27.0. The minimum atomic E-state index is -4.15. The highest BCUT2D eigenvalue weighted by molar-refractivity contribution is 7.89. The van der Waals surface area contributed by atoms with Gasteiger partial charge in [0, 0.05) is 18.3 Å². The summed E-state index contributed by atoms with van der Waals surface area (Å²) in [6, 6.07) is 8.37. The van der Waals surface area contributed by atoms with Crippen LogP contribution in [-0.4, -0.2) is 46.7 Å². The van der Waals surface area contributed by atoms with Gasteiger partial charge in [-0.15, -0.1) is 0 Å². The van der Waals surface area contributed by atoms with E-state index in [0.717, 1.165) is 34.4 Å². The number of halogens is 3. The number of aromatic nitrogens is 2. The predicted octanol–water partition coefficient (Wildman–Crippen LogP) is 3.97. The molecule has 0 saturated carbocycles. The van der Waals surface area contributed by atoms with Gasteiger partial charge in [-0.1, -0.05) is 12.1 Å². The fourth-order valence-electron chi connectivity index (χ4n) is 3.89. The zero-order valence-electron chi connectivity index (χ0n) is 21.1. The summed E-state index contributed by atoms with van der Waals surface area (Å²) in [6.45, 7) is 1.83. The van der Waals surface area contributed by atoms with E-state index in [4.69, 9.17) is 4.74 Å². The molecule has 3 aromatic rings. The Balaban J connectivity index is 1.52. The average molecular weight is 567 g/mol. The maximum absolute atomic E-state index is 13.9. The second kappa shape index (κ2) is 10.6. The average Bonchev–Trinajstić information content (AvgIpc) is 3.41. The third kappa shape index (κ3) is 6.50. The molecule has 0 radical (unpaired) electrons. The van der Waals surface area contributed by atoms with Gasteiger partial charge in [0.15, 0.2) is 0 Å². The number of nitrogens with one attached hydrogen (secondary N) is 1. The first-order valence-corrected chi connectivity index (χ1v) is 13.1. The number of nitrogens with zero attached hydrogens (tertiary/aromatic N) is 3. The molecule has 10 nitrogen and oxygen atoms in total. The lowest BCUT2D eigenvalue weighted by atomic mass is 10.1. The van der Waals surface area contributed by atoms with Crippen molar-refractivity contribution in [3.05, 3.63) is 77.4 Å². The number of alkyl halides is 2. The Kier molecular flexibility index (Phi) is 7.59. The van der Waals surface area contributed by atoms with Crippen LogP contribution in [0, 0.1) is 5.82 Å². The fraction of sp³-hybridized carbons (Fsp3) is 0.320. The molecule has 1 atom stereocenters. The molecule has 208 valence electrons. The zero-order chi connectivity index (χ0) is 28.5. The van der Waals surface area contributed by atoms with Crippen LogP contribution in [0.15, 0.2) is 59.6 Å². The van der Waals surface area contributed by atoms with Crippen LogP contribution in [0.25, 0.3) is 0 Å². The van der Waals surface area contributed by atoms with E-state index in [0.29, 0.717) is 11.3 Å². The van der Waals surface area contributed by atoms with Gasteiger partial charge in [-0.2, -0.15) is 26.4 Å². The Labute approximate surface area is 222 Å². The first kappa shape index (κ1) is 28.0. The van der Waals surface area contributed by atoms with Crippen LogP contribution in [0.2, 0.25) is 0 Å². The molecule has 1 N–H and O–H groups in total. The van der Waals surface area contributed by atoms with Crippen LogP contribution in [0.3, 0.4) is 0 Å². The smallest absolute Gasteiger partial charge is 0.408 e. The fourth-order valence-corrected chi connectivity index (χ4v) is 5.06. The van der Waals surface area contributed by atoms with Crippen molar-refractivity contribution in [3.63, 3.8) is 0 Å². The molecule has 2 amide bonds. The molecule has 1 aliphatic rings. The lowest BCUT2D eigenvalue weighted by molar-refractivity contribution is -0.134. The Bertz CT molecular complexity index is 1460. The summed E-state index contributed by atoms with van der Waals surface area (Å²) >= 11 is 0. The highest BCUT2D eigenvalue weighted by Crippen LogP contribution is 2.28. The van der Waals surface area contributed by atoms with Gasteiger partial charge in [0.2, 0.25) is 0 Å². The van der Waals surface area contributed by atoms with Gasteiger partial charge in [-0.05, 0) is 62.7 Å². The lowest BCUT2D eigenvalue weighted by Gasteiger charge is -2.26. The van der Waals surface area contributed by atoms with E-state index in [9.17, 15) is 31.2 Å². The molecule has 0 aliphatic carbocycles. The molecule has 2 heterocycles. The Morgan fingerprint density at radius 2 is 1.77 bits per heavy atom. The van der Waals surface area contributed by atoms with E-state index >= 15 is 0 Å². The molecule has 0 saturated heterocycles. The maximum Gasteiger partial charge on any atom is 0.408 e. The van der Waals surface area contributed by atoms with Crippen molar-refractivity contribution >= 4 is 22.0 Å². The first-order chi connectivity index (χ1) is 18.2. The highest BCUT2D eigenvalue weighted by Gasteiger charge is 2.35. The van der Waals surface area contributed by atoms with E-state index in [1.165, 1.54) is 29.3 Å². The van der Waals surface area contributed by atoms with Crippen molar-refractivity contribution in [2.45, 2.75) is 57.0 Å². The second-order valence-electron chi connectivity index (χ2n) is 9.66. The van der Waals surface area contributed by atoms with Gasteiger partial charge < -0.3 is 19.7 Å². The summed E-state index contributed by atoms with van der Waals surface area (Å²) in [7, 11) is -4.15. The topological polar surface area (TPSA) is 120 Å². The van der Waals surface area contributed by atoms with Crippen molar-refractivity contribution in [2.24, 2.45) is 0 Å². The number of hydrogen-bond acceptors (Lipinski definition) is 7. The van der Waals surface area contributed by atoms with Gasteiger partial charge in [0.05, 0.1) is 17.1 Å². The van der Waals surface area contributed by atoms with Gasteiger partial charge in [-0.25, -0.2) is 9.18 Å². The molecule has 39 heavy (non-hydrogen) atoms. The molecule has 0 bridgehead atoms. The second-order valence-corrected chi connectivity index (χ2v) is 11.5. The summed E-state index contributed by atoms with van der Waals surface area (Å²) in [5, 5.41) is 6.60. The molecule has 14 heteroatoms. The van der Waals surface area contributed by atoms with Crippen LogP contribution in [0.1, 0.15) is 43.6 Å². The number of benzene rings is 2. The van der Waals surface area contributed by atoms with Gasteiger partial charge in [-0.3, -0.25) is 4.79 Å². The number of rotatable bonds is 7. The number of amides is 2. The third-order valence-electron chi connectivity index (χ3n) is 5.55. The van der Waals surface area contributed by atoms with Crippen molar-refractivity contribution < 1.29 is 40.7 Å². The summed E-state index contributed by atoms with van der Waals surface area (Å²) in [5.41, 5.74) is 0.108. The third-order valence-corrected chi connectivity index (χ3v) is 7.10. The Hall–Kier alpha value is -4.07. The number of alkyl carbamates (subject to hydrolysis) is 1. The number of carbonyl (C=O) groups is 2. The Morgan fingerprint density at radius 3 is 2.36 bits per heavy atom. The summed E-state index contributed by atoms with van der Waals surface area (Å²) < 4.78 is 74.9. The largest absolute Gasteiger partial charge is 0.444 e. The van der Waals surface area contributed by atoms with Crippen LogP contribution in [0.4, 0.5) is 18.0 Å². The predicted molar refractivity (Wildman–Crippen MR) is 131 cm³/mol. The van der Waals surface area contributed by atoms with Crippen LogP contribution >= 0.6 is 0 Å². The van der Waals surface area contributed by atoms with Gasteiger partial charge in [0.1, 0.15) is 23.2 Å². The monoisotopic (exact) mass is 566 g/mol. The molecule has 1 aliphatic heterocycles. The Morgan fingerprint density at radius 1 is 1.08 bits per heavy atom. The number of fused-ring (bicyclic) bond motifs is 1. The quantitative estimate of drug-likeness (QED) is 0.460. The van der Waals surface area contributed by atoms with E-state index in [1.54, 1.807) is 20.8 Å². The van der Waals surface area contributed by atoms with Crippen LogP contribution in [-0.2, 0) is 32.6 Å². The number of carbonyl (C=O) groups excluding carboxylic acids is 2. The SMILES string of the molecule is CC(C)(C)OC(=O)NC(C(=O)N1Cc2cn(S(=O)(=O)c3ccc(OC(F)F)cc3)nc2C1)c1cccc(F)c1. The molecule has 2 aromatic carbocycles. The molecule has 1 unspecified atom stereocenters. The van der Waals surface area contributed by atoms with Gasteiger partial charge in [0.25, 0.3) is 15.9 Å². The lowest BCUT2D eigenvalue weighted by Crippen LogP contribution is -2.43. The number of ether oxygens (including phenoxy) is 2. The summed E-state index contributed by atoms with van der Waals surface area (Å²) in [6.07, 6.45) is 0.378. The summed E-state index contributed by atoms with van der Waals surface area (Å²) in [5.74, 6) is -1.38. The molecule has 0 spiro atoms. The normalized spacial score (nSPS) is 14.2. The van der Waals surface area contributed by atoms with E-state index in [1.807, 2.05) is 0 Å². The van der Waals surface area contributed by atoms with Crippen molar-refractivity contribution in [2.75, 3.05) is 0 Å².